The molecule has 1 atom stereocenters. The summed E-state index contributed by atoms with van der Waals surface area (Å²) in [5.41, 5.74) is 1.42. The first kappa shape index (κ1) is 9.61. The zero-order valence-corrected chi connectivity index (χ0v) is 8.89. The van der Waals surface area contributed by atoms with Crippen LogP contribution >= 0.6 is 15.9 Å². The predicted octanol–water partition coefficient (Wildman–Crippen LogP) is 3.64. The smallest absolute Gasteiger partial charge is 0.0281 e. The summed E-state index contributed by atoms with van der Waals surface area (Å²) < 4.78 is 1.19. The third-order valence-electron chi connectivity index (χ3n) is 2.17. The van der Waals surface area contributed by atoms with Gasteiger partial charge in [0.2, 0.25) is 0 Å². The van der Waals surface area contributed by atoms with Crippen LogP contribution in [0.5, 0.6) is 0 Å². The van der Waals surface area contributed by atoms with Gasteiger partial charge in [-0.1, -0.05) is 35.0 Å². The average Bonchev–Trinajstić information content (AvgIpc) is 2.47. The Balaban J connectivity index is 2.64. The van der Waals surface area contributed by atoms with E-state index in [1.165, 1.54) is 22.9 Å². The summed E-state index contributed by atoms with van der Waals surface area (Å²) >= 11 is 3.54. The first-order chi connectivity index (χ1) is 5.75. The summed E-state index contributed by atoms with van der Waals surface area (Å²) in [5, 5.41) is 0. The van der Waals surface area contributed by atoms with Gasteiger partial charge in [0.05, 0.1) is 0 Å². The average molecular weight is 225 g/mol. The third kappa shape index (κ3) is 2.25. The molecule has 1 aliphatic rings. The highest BCUT2D eigenvalue weighted by molar-refractivity contribution is 9.12. The zero-order chi connectivity index (χ0) is 8.97. The fourth-order valence-corrected chi connectivity index (χ4v) is 2.16. The lowest BCUT2D eigenvalue weighted by Crippen LogP contribution is -1.92. The molecular weight excluding hydrogens is 212 g/mol. The van der Waals surface area contributed by atoms with E-state index in [0.717, 1.165) is 0 Å². The fourth-order valence-electron chi connectivity index (χ4n) is 1.44. The SMILES string of the molecule is C#CC/C=C(/Br)C1=CCCC1C. The molecule has 0 aromatic carbocycles. The standard InChI is InChI=1S/C11H13Br/c1-3-4-8-11(12)10-7-5-6-9(10)2/h1,7-9H,4-6H2,2H3/b11-8+. The Labute approximate surface area is 82.9 Å². The monoisotopic (exact) mass is 224 g/mol. The number of halogens is 1. The Hall–Kier alpha value is -0.480. The maximum atomic E-state index is 5.18. The number of rotatable bonds is 2. The van der Waals surface area contributed by atoms with Crippen LogP contribution in [0.2, 0.25) is 0 Å². The van der Waals surface area contributed by atoms with E-state index in [1.807, 2.05) is 0 Å². The first-order valence-corrected chi connectivity index (χ1v) is 5.04. The van der Waals surface area contributed by atoms with Gasteiger partial charge >= 0.3 is 0 Å². The minimum Gasteiger partial charge on any atom is -0.120 e. The van der Waals surface area contributed by atoms with E-state index in [9.17, 15) is 0 Å². The van der Waals surface area contributed by atoms with Gasteiger partial charge in [0.25, 0.3) is 0 Å². The van der Waals surface area contributed by atoms with Crippen LogP contribution in [0.1, 0.15) is 26.2 Å². The van der Waals surface area contributed by atoms with Crippen LogP contribution < -0.4 is 0 Å². The summed E-state index contributed by atoms with van der Waals surface area (Å²) in [4.78, 5) is 0. The molecule has 12 heavy (non-hydrogen) atoms. The van der Waals surface area contributed by atoms with Gasteiger partial charge < -0.3 is 0 Å². The minimum absolute atomic E-state index is 0.688. The van der Waals surface area contributed by atoms with E-state index < -0.39 is 0 Å². The van der Waals surface area contributed by atoms with Crippen molar-refractivity contribution >= 4 is 15.9 Å². The zero-order valence-electron chi connectivity index (χ0n) is 7.31. The lowest BCUT2D eigenvalue weighted by molar-refractivity contribution is 0.680. The van der Waals surface area contributed by atoms with E-state index in [-0.39, 0.29) is 0 Å². The third-order valence-corrected chi connectivity index (χ3v) is 2.95. The molecule has 0 N–H and O–H groups in total. The Bertz CT molecular complexity index is 253. The molecule has 0 bridgehead atoms. The number of hydrogen-bond donors (Lipinski definition) is 0. The molecule has 0 heterocycles. The van der Waals surface area contributed by atoms with E-state index in [2.05, 4.69) is 40.9 Å². The van der Waals surface area contributed by atoms with Crippen LogP contribution in [0.25, 0.3) is 0 Å². The van der Waals surface area contributed by atoms with Crippen molar-refractivity contribution in [1.82, 2.24) is 0 Å². The molecule has 0 fully saturated rings. The topological polar surface area (TPSA) is 0 Å². The predicted molar refractivity (Wildman–Crippen MR) is 56.9 cm³/mol. The van der Waals surface area contributed by atoms with Gasteiger partial charge in [0, 0.05) is 10.9 Å². The molecule has 0 aliphatic heterocycles. The number of terminal acetylenes is 1. The summed E-state index contributed by atoms with van der Waals surface area (Å²) in [6.45, 7) is 2.25. The second kappa shape index (κ2) is 4.52. The maximum Gasteiger partial charge on any atom is 0.0281 e. The highest BCUT2D eigenvalue weighted by Gasteiger charge is 2.15. The van der Waals surface area contributed by atoms with Crippen LogP contribution in [0.3, 0.4) is 0 Å². The van der Waals surface area contributed by atoms with Crippen molar-refractivity contribution in [3.05, 3.63) is 22.2 Å². The largest absolute Gasteiger partial charge is 0.120 e. The normalized spacial score (nSPS) is 23.6. The van der Waals surface area contributed by atoms with Crippen LogP contribution in [0, 0.1) is 18.3 Å². The van der Waals surface area contributed by atoms with Gasteiger partial charge in [-0.15, -0.1) is 12.3 Å². The van der Waals surface area contributed by atoms with Crippen LogP contribution in [0.15, 0.2) is 22.2 Å². The van der Waals surface area contributed by atoms with Gasteiger partial charge in [0.1, 0.15) is 0 Å². The Kier molecular flexibility index (Phi) is 3.62. The Morgan fingerprint density at radius 2 is 2.67 bits per heavy atom. The van der Waals surface area contributed by atoms with Gasteiger partial charge in [-0.25, -0.2) is 0 Å². The van der Waals surface area contributed by atoms with E-state index in [0.29, 0.717) is 12.3 Å². The molecule has 1 rings (SSSR count). The van der Waals surface area contributed by atoms with Gasteiger partial charge in [-0.05, 0) is 24.3 Å². The lowest BCUT2D eigenvalue weighted by Gasteiger charge is -2.07. The number of allylic oxidation sites excluding steroid dienone is 4. The van der Waals surface area contributed by atoms with Gasteiger partial charge in [0.15, 0.2) is 0 Å². The molecule has 0 aromatic rings. The second-order valence-corrected chi connectivity index (χ2v) is 3.95. The molecule has 1 heteroatoms. The fraction of sp³-hybridized carbons (Fsp3) is 0.455. The lowest BCUT2D eigenvalue weighted by atomic mass is 10.0. The molecule has 0 amide bonds. The van der Waals surface area contributed by atoms with Crippen molar-refractivity contribution < 1.29 is 0 Å². The number of hydrogen-bond acceptors (Lipinski definition) is 0. The molecule has 1 unspecified atom stereocenters. The first-order valence-electron chi connectivity index (χ1n) is 4.25. The van der Waals surface area contributed by atoms with Crippen molar-refractivity contribution in [2.24, 2.45) is 5.92 Å². The van der Waals surface area contributed by atoms with E-state index >= 15 is 0 Å². The highest BCUT2D eigenvalue weighted by Crippen LogP contribution is 2.33. The summed E-state index contributed by atoms with van der Waals surface area (Å²) in [7, 11) is 0. The highest BCUT2D eigenvalue weighted by atomic mass is 79.9. The van der Waals surface area contributed by atoms with Crippen molar-refractivity contribution in [3.63, 3.8) is 0 Å². The van der Waals surface area contributed by atoms with Crippen molar-refractivity contribution in [3.8, 4) is 12.3 Å². The molecule has 0 nitrogen and oxygen atoms in total. The van der Waals surface area contributed by atoms with Crippen LogP contribution in [-0.2, 0) is 0 Å². The van der Waals surface area contributed by atoms with Crippen LogP contribution in [0.4, 0.5) is 0 Å². The minimum atomic E-state index is 0.688. The van der Waals surface area contributed by atoms with E-state index in [1.54, 1.807) is 0 Å². The van der Waals surface area contributed by atoms with Gasteiger partial charge in [-0.2, -0.15) is 0 Å². The molecule has 0 saturated carbocycles. The van der Waals surface area contributed by atoms with Gasteiger partial charge in [-0.3, -0.25) is 0 Å². The molecule has 0 spiro atoms. The molecule has 0 aromatic heterocycles. The van der Waals surface area contributed by atoms with Crippen LogP contribution in [-0.4, -0.2) is 0 Å². The molecule has 0 saturated heterocycles. The summed E-state index contributed by atoms with van der Waals surface area (Å²) in [5.74, 6) is 3.29. The van der Waals surface area contributed by atoms with Crippen molar-refractivity contribution in [1.29, 1.82) is 0 Å². The summed E-state index contributed by atoms with van der Waals surface area (Å²) in [6.07, 6.45) is 12.7. The molecule has 64 valence electrons. The van der Waals surface area contributed by atoms with Crippen molar-refractivity contribution in [2.45, 2.75) is 26.2 Å². The molecule has 1 aliphatic carbocycles. The van der Waals surface area contributed by atoms with Crippen molar-refractivity contribution in [2.75, 3.05) is 0 Å². The maximum absolute atomic E-state index is 5.18. The molecular formula is C11H13Br. The Morgan fingerprint density at radius 3 is 3.17 bits per heavy atom. The molecule has 0 radical (unpaired) electrons. The summed E-state index contributed by atoms with van der Waals surface area (Å²) in [6, 6.07) is 0. The quantitative estimate of drug-likeness (QED) is 0.629. The Morgan fingerprint density at radius 1 is 1.92 bits per heavy atom. The van der Waals surface area contributed by atoms with E-state index in [4.69, 9.17) is 6.42 Å². The second-order valence-electron chi connectivity index (χ2n) is 3.10.